The lowest BCUT2D eigenvalue weighted by molar-refractivity contribution is -0.143. The van der Waals surface area contributed by atoms with Crippen molar-refractivity contribution >= 4 is 5.91 Å². The minimum absolute atomic E-state index is 0.00975. The molecule has 1 aromatic rings. The first-order valence-electron chi connectivity index (χ1n) is 7.95. The van der Waals surface area contributed by atoms with E-state index in [1.165, 1.54) is 0 Å². The molecule has 3 heterocycles. The second kappa shape index (κ2) is 7.03. The summed E-state index contributed by atoms with van der Waals surface area (Å²) in [5.74, 6) is -0.00975. The van der Waals surface area contributed by atoms with Crippen LogP contribution in [0.3, 0.4) is 0 Å². The quantitative estimate of drug-likeness (QED) is 0.838. The summed E-state index contributed by atoms with van der Waals surface area (Å²) in [7, 11) is 0. The Morgan fingerprint density at radius 2 is 2.41 bits per heavy atom. The first-order valence-corrected chi connectivity index (χ1v) is 7.95. The zero-order valence-electron chi connectivity index (χ0n) is 12.8. The number of nitrogens with one attached hydrogen (secondary N) is 1. The van der Waals surface area contributed by atoms with Gasteiger partial charge in [-0.3, -0.25) is 14.7 Å². The van der Waals surface area contributed by atoms with Crippen molar-refractivity contribution in [2.45, 2.75) is 44.1 Å². The van der Waals surface area contributed by atoms with E-state index in [9.17, 15) is 4.79 Å². The number of hydrogen-bond acceptors (Lipinski definition) is 4. The first kappa shape index (κ1) is 15.2. The van der Waals surface area contributed by atoms with Crippen molar-refractivity contribution in [1.29, 1.82) is 0 Å². The molecule has 2 fully saturated rings. The van der Waals surface area contributed by atoms with Crippen molar-refractivity contribution < 1.29 is 9.53 Å². The van der Waals surface area contributed by atoms with Gasteiger partial charge in [0.05, 0.1) is 6.10 Å². The number of rotatable bonds is 5. The molecule has 0 spiro atoms. The molecule has 2 saturated heterocycles. The van der Waals surface area contributed by atoms with Crippen LogP contribution in [0.5, 0.6) is 0 Å². The second-order valence-electron chi connectivity index (χ2n) is 5.96. The highest BCUT2D eigenvalue weighted by Crippen LogP contribution is 2.31. The van der Waals surface area contributed by atoms with Crippen LogP contribution in [0.15, 0.2) is 37.2 Å². The van der Waals surface area contributed by atoms with E-state index in [1.807, 2.05) is 18.2 Å². The molecule has 5 heteroatoms. The zero-order valence-corrected chi connectivity index (χ0v) is 12.8. The number of carbonyl (C=O) groups is 1. The van der Waals surface area contributed by atoms with Gasteiger partial charge in [-0.05, 0) is 30.9 Å². The van der Waals surface area contributed by atoms with Gasteiger partial charge in [-0.15, -0.1) is 6.58 Å². The Morgan fingerprint density at radius 1 is 1.50 bits per heavy atom. The van der Waals surface area contributed by atoms with Gasteiger partial charge in [-0.25, -0.2) is 0 Å². The first-order chi connectivity index (χ1) is 10.8. The third-order valence-corrected chi connectivity index (χ3v) is 4.51. The van der Waals surface area contributed by atoms with Crippen LogP contribution in [0.25, 0.3) is 0 Å². The lowest BCUT2D eigenvalue weighted by Gasteiger charge is -2.35. The number of hydrogen-bond donors (Lipinski definition) is 1. The molecule has 2 aliphatic heterocycles. The molecule has 2 aliphatic rings. The molecule has 3 rings (SSSR count). The normalized spacial score (nSPS) is 28.1. The van der Waals surface area contributed by atoms with E-state index in [4.69, 9.17) is 4.74 Å². The highest BCUT2D eigenvalue weighted by Gasteiger charge is 2.41. The molecule has 0 bridgehead atoms. The number of carbonyl (C=O) groups excluding carboxylic acids is 1. The van der Waals surface area contributed by atoms with Crippen molar-refractivity contribution in [1.82, 2.24) is 15.2 Å². The minimum Gasteiger partial charge on any atom is -0.363 e. The fourth-order valence-electron chi connectivity index (χ4n) is 3.41. The average Bonchev–Trinajstić information content (AvgIpc) is 2.96. The Morgan fingerprint density at radius 3 is 3.18 bits per heavy atom. The molecule has 0 unspecified atom stereocenters. The maximum absolute atomic E-state index is 12.3. The molecule has 1 aromatic heterocycles. The number of ether oxygens (including phenoxy) is 1. The fraction of sp³-hybridized carbons (Fsp3) is 0.529. The van der Waals surface area contributed by atoms with Crippen molar-refractivity contribution in [3.63, 3.8) is 0 Å². The molecule has 0 radical (unpaired) electrons. The van der Waals surface area contributed by atoms with E-state index in [-0.39, 0.29) is 18.1 Å². The van der Waals surface area contributed by atoms with Gasteiger partial charge in [-0.1, -0.05) is 12.1 Å². The van der Waals surface area contributed by atoms with Crippen LogP contribution < -0.4 is 5.32 Å². The fourth-order valence-corrected chi connectivity index (χ4v) is 3.41. The Bertz CT molecular complexity index is 520. The van der Waals surface area contributed by atoms with Gasteiger partial charge >= 0.3 is 0 Å². The predicted octanol–water partition coefficient (Wildman–Crippen LogP) is 1.51. The van der Waals surface area contributed by atoms with Gasteiger partial charge in [0.25, 0.3) is 0 Å². The SMILES string of the molecule is C=CCN1CC[C@@H]2O[C@@H](C(=O)NCc3cccnc3)CC[C@@H]21. The standard InChI is InChI=1S/C17H23N3O2/c1-2-9-20-10-7-15-14(20)5-6-16(22-15)17(21)19-12-13-4-3-8-18-11-13/h2-4,8,11,14-16H,1,5-7,9-10,12H2,(H,19,21)/t14-,15-,16+/m0/s1. The van der Waals surface area contributed by atoms with Crippen LogP contribution in [-0.4, -0.2) is 47.1 Å². The Kier molecular flexibility index (Phi) is 4.85. The summed E-state index contributed by atoms with van der Waals surface area (Å²) < 4.78 is 6.03. The van der Waals surface area contributed by atoms with Gasteiger partial charge in [0.1, 0.15) is 6.10 Å². The number of fused-ring (bicyclic) bond motifs is 1. The highest BCUT2D eigenvalue weighted by atomic mass is 16.5. The number of likely N-dealkylation sites (tertiary alicyclic amines) is 1. The molecular formula is C17H23N3O2. The summed E-state index contributed by atoms with van der Waals surface area (Å²) in [6.45, 7) is 6.25. The number of amides is 1. The summed E-state index contributed by atoms with van der Waals surface area (Å²) in [4.78, 5) is 18.7. The molecule has 3 atom stereocenters. The van der Waals surface area contributed by atoms with E-state index in [0.29, 0.717) is 12.6 Å². The summed E-state index contributed by atoms with van der Waals surface area (Å²) in [5.41, 5.74) is 1.00. The number of pyridine rings is 1. The van der Waals surface area contributed by atoms with E-state index >= 15 is 0 Å². The Balaban J connectivity index is 1.50. The number of aromatic nitrogens is 1. The van der Waals surface area contributed by atoms with Gasteiger partial charge in [-0.2, -0.15) is 0 Å². The molecule has 118 valence electrons. The van der Waals surface area contributed by atoms with Crippen molar-refractivity contribution in [2.75, 3.05) is 13.1 Å². The topological polar surface area (TPSA) is 54.5 Å². The van der Waals surface area contributed by atoms with Gasteiger partial charge in [0.15, 0.2) is 0 Å². The summed E-state index contributed by atoms with van der Waals surface area (Å²) in [6.07, 6.45) is 8.11. The van der Waals surface area contributed by atoms with Crippen LogP contribution in [0.1, 0.15) is 24.8 Å². The number of nitrogens with zero attached hydrogens (tertiary/aromatic N) is 2. The largest absolute Gasteiger partial charge is 0.363 e. The minimum atomic E-state index is -0.318. The molecule has 5 nitrogen and oxygen atoms in total. The predicted molar refractivity (Wildman–Crippen MR) is 84.2 cm³/mol. The summed E-state index contributed by atoms with van der Waals surface area (Å²) >= 11 is 0. The van der Waals surface area contributed by atoms with Crippen LogP contribution in [0, 0.1) is 0 Å². The third kappa shape index (κ3) is 3.36. The lowest BCUT2D eigenvalue weighted by Crippen LogP contribution is -2.47. The van der Waals surface area contributed by atoms with Crippen LogP contribution in [-0.2, 0) is 16.1 Å². The molecule has 0 aromatic carbocycles. The highest BCUT2D eigenvalue weighted by molar-refractivity contribution is 5.80. The molecule has 0 saturated carbocycles. The van der Waals surface area contributed by atoms with Crippen molar-refractivity contribution in [3.05, 3.63) is 42.7 Å². The van der Waals surface area contributed by atoms with Gasteiger partial charge < -0.3 is 10.1 Å². The van der Waals surface area contributed by atoms with Gasteiger partial charge in [0, 0.05) is 38.1 Å². The molecular weight excluding hydrogens is 278 g/mol. The van der Waals surface area contributed by atoms with Crippen LogP contribution >= 0.6 is 0 Å². The van der Waals surface area contributed by atoms with Gasteiger partial charge in [0.2, 0.25) is 5.91 Å². The zero-order chi connectivity index (χ0) is 15.4. The summed E-state index contributed by atoms with van der Waals surface area (Å²) in [6, 6.07) is 4.27. The lowest BCUT2D eigenvalue weighted by atomic mass is 9.98. The van der Waals surface area contributed by atoms with E-state index in [1.54, 1.807) is 12.4 Å². The van der Waals surface area contributed by atoms with Crippen molar-refractivity contribution in [2.24, 2.45) is 0 Å². The molecule has 22 heavy (non-hydrogen) atoms. The van der Waals surface area contributed by atoms with E-state index in [0.717, 1.165) is 37.9 Å². The maximum atomic E-state index is 12.3. The smallest absolute Gasteiger partial charge is 0.249 e. The Labute approximate surface area is 131 Å². The van der Waals surface area contributed by atoms with E-state index < -0.39 is 0 Å². The maximum Gasteiger partial charge on any atom is 0.249 e. The van der Waals surface area contributed by atoms with E-state index in [2.05, 4.69) is 21.8 Å². The molecule has 1 N–H and O–H groups in total. The molecule has 1 amide bonds. The second-order valence-corrected chi connectivity index (χ2v) is 5.96. The summed E-state index contributed by atoms with van der Waals surface area (Å²) in [5, 5.41) is 2.95. The Hall–Kier alpha value is -1.72. The average molecular weight is 301 g/mol. The third-order valence-electron chi connectivity index (χ3n) is 4.51. The monoisotopic (exact) mass is 301 g/mol. The molecule has 0 aliphatic carbocycles. The van der Waals surface area contributed by atoms with Crippen molar-refractivity contribution in [3.8, 4) is 0 Å². The van der Waals surface area contributed by atoms with Crippen LogP contribution in [0.4, 0.5) is 0 Å². The van der Waals surface area contributed by atoms with Crippen LogP contribution in [0.2, 0.25) is 0 Å².